The van der Waals surface area contributed by atoms with Crippen molar-refractivity contribution in [2.75, 3.05) is 0 Å². The molecule has 17 heavy (non-hydrogen) atoms. The van der Waals surface area contributed by atoms with Crippen LogP contribution in [0.25, 0.3) is 16.4 Å². The fraction of sp³-hybridized carbons (Fsp3) is 0.308. The molecule has 0 saturated heterocycles. The summed E-state index contributed by atoms with van der Waals surface area (Å²) in [4.78, 5) is 0. The smallest absolute Gasteiger partial charge is 0.185 e. The third kappa shape index (κ3) is 1.48. The molecule has 0 unspecified atom stereocenters. The zero-order valence-corrected chi connectivity index (χ0v) is 10.2. The Morgan fingerprint density at radius 2 is 1.82 bits per heavy atom. The second-order valence-electron chi connectivity index (χ2n) is 5.24. The van der Waals surface area contributed by atoms with Crippen LogP contribution in [0.2, 0.25) is 0 Å². The van der Waals surface area contributed by atoms with Gasteiger partial charge in [0.15, 0.2) is 11.5 Å². The quantitative estimate of drug-likeness (QED) is 0.591. The van der Waals surface area contributed by atoms with E-state index in [2.05, 4.69) is 36.1 Å². The number of fused-ring (bicyclic) bond motifs is 3. The molecule has 86 valence electrons. The van der Waals surface area contributed by atoms with Gasteiger partial charge >= 0.3 is 0 Å². The van der Waals surface area contributed by atoms with Gasteiger partial charge in [-0.15, -0.1) is 10.2 Å². The highest BCUT2D eigenvalue weighted by Crippen LogP contribution is 2.23. The molecule has 0 atom stereocenters. The monoisotopic (exact) mass is 226 g/mol. The van der Waals surface area contributed by atoms with E-state index in [1.165, 1.54) is 0 Å². The molecule has 0 amide bonds. The molecule has 0 saturated carbocycles. The first-order chi connectivity index (χ1) is 8.07. The third-order valence-electron chi connectivity index (χ3n) is 2.83. The Morgan fingerprint density at radius 3 is 2.59 bits per heavy atom. The van der Waals surface area contributed by atoms with Gasteiger partial charge in [-0.1, -0.05) is 45.0 Å². The summed E-state index contributed by atoms with van der Waals surface area (Å²) in [6, 6.07) is 8.09. The average Bonchev–Trinajstić information content (AvgIpc) is 2.72. The largest absolute Gasteiger partial charge is 0.196 e. The Bertz CT molecular complexity index is 691. The summed E-state index contributed by atoms with van der Waals surface area (Å²) < 4.78 is 1.84. The highest BCUT2D eigenvalue weighted by atomic mass is 15.4. The lowest BCUT2D eigenvalue weighted by molar-refractivity contribution is 0.527. The van der Waals surface area contributed by atoms with Crippen molar-refractivity contribution < 1.29 is 0 Å². The number of benzene rings is 1. The van der Waals surface area contributed by atoms with Crippen molar-refractivity contribution in [1.29, 1.82) is 0 Å². The Hall–Kier alpha value is -1.97. The molecular formula is C13H14N4. The molecule has 4 nitrogen and oxygen atoms in total. The molecule has 1 aromatic carbocycles. The van der Waals surface area contributed by atoms with Gasteiger partial charge in [0.05, 0.1) is 6.20 Å². The van der Waals surface area contributed by atoms with Crippen molar-refractivity contribution in [2.24, 2.45) is 0 Å². The molecule has 2 heterocycles. The number of nitrogens with zero attached hydrogens (tertiary/aromatic N) is 4. The van der Waals surface area contributed by atoms with Crippen LogP contribution >= 0.6 is 0 Å². The summed E-state index contributed by atoms with van der Waals surface area (Å²) in [6.07, 6.45) is 1.86. The Balaban J connectivity index is 2.43. The van der Waals surface area contributed by atoms with Crippen LogP contribution in [-0.2, 0) is 5.41 Å². The molecule has 0 fully saturated rings. The lowest BCUT2D eigenvalue weighted by Crippen LogP contribution is -2.17. The van der Waals surface area contributed by atoms with Gasteiger partial charge in [-0.25, -0.2) is 0 Å². The second kappa shape index (κ2) is 3.26. The van der Waals surface area contributed by atoms with Gasteiger partial charge < -0.3 is 0 Å². The molecule has 0 aliphatic heterocycles. The summed E-state index contributed by atoms with van der Waals surface area (Å²) in [5, 5.41) is 15.1. The molecule has 0 radical (unpaired) electrons. The number of hydrogen-bond acceptors (Lipinski definition) is 3. The van der Waals surface area contributed by atoms with E-state index in [1.807, 2.05) is 35.0 Å². The van der Waals surface area contributed by atoms with Crippen LogP contribution in [0.5, 0.6) is 0 Å². The third-order valence-corrected chi connectivity index (χ3v) is 2.83. The molecule has 3 rings (SSSR count). The van der Waals surface area contributed by atoms with Gasteiger partial charge in [-0.2, -0.15) is 9.61 Å². The Kier molecular flexibility index (Phi) is 1.96. The minimum atomic E-state index is -0.0606. The highest BCUT2D eigenvalue weighted by Gasteiger charge is 2.22. The van der Waals surface area contributed by atoms with Crippen molar-refractivity contribution in [3.8, 4) is 0 Å². The summed E-state index contributed by atoms with van der Waals surface area (Å²) in [5.74, 6) is 0.887. The van der Waals surface area contributed by atoms with Crippen molar-refractivity contribution in [1.82, 2.24) is 19.8 Å². The Labute approximate surface area is 99.3 Å². The first-order valence-corrected chi connectivity index (χ1v) is 5.67. The van der Waals surface area contributed by atoms with E-state index in [9.17, 15) is 0 Å². The van der Waals surface area contributed by atoms with Crippen molar-refractivity contribution in [3.63, 3.8) is 0 Å². The van der Waals surface area contributed by atoms with Crippen LogP contribution in [0.1, 0.15) is 26.6 Å². The zero-order chi connectivity index (χ0) is 12.0. The number of aromatic nitrogens is 4. The molecule has 0 aliphatic carbocycles. The van der Waals surface area contributed by atoms with Gasteiger partial charge in [-0.3, -0.25) is 0 Å². The van der Waals surface area contributed by atoms with Gasteiger partial charge in [0.2, 0.25) is 0 Å². The summed E-state index contributed by atoms with van der Waals surface area (Å²) in [7, 11) is 0. The normalized spacial score (nSPS) is 12.4. The van der Waals surface area contributed by atoms with Crippen LogP contribution in [-0.4, -0.2) is 19.8 Å². The van der Waals surface area contributed by atoms with E-state index in [4.69, 9.17) is 0 Å². The first-order valence-electron chi connectivity index (χ1n) is 5.67. The van der Waals surface area contributed by atoms with Crippen LogP contribution in [0.3, 0.4) is 0 Å². The van der Waals surface area contributed by atoms with Crippen LogP contribution < -0.4 is 0 Å². The molecule has 0 aliphatic rings. The first kappa shape index (κ1) is 10.2. The van der Waals surface area contributed by atoms with E-state index >= 15 is 0 Å². The van der Waals surface area contributed by atoms with Gasteiger partial charge in [-0.05, 0) is 0 Å². The molecule has 0 spiro atoms. The Morgan fingerprint density at radius 1 is 1.06 bits per heavy atom. The van der Waals surface area contributed by atoms with Crippen molar-refractivity contribution in [3.05, 3.63) is 36.3 Å². The highest BCUT2D eigenvalue weighted by molar-refractivity contribution is 5.92. The fourth-order valence-electron chi connectivity index (χ4n) is 1.96. The maximum Gasteiger partial charge on any atom is 0.185 e. The van der Waals surface area contributed by atoms with Crippen molar-refractivity contribution >= 4 is 16.4 Å². The van der Waals surface area contributed by atoms with E-state index < -0.39 is 0 Å². The molecule has 3 aromatic rings. The maximum atomic E-state index is 4.43. The molecule has 0 bridgehead atoms. The van der Waals surface area contributed by atoms with E-state index in [0.717, 1.165) is 22.2 Å². The van der Waals surface area contributed by atoms with E-state index in [0.29, 0.717) is 0 Å². The predicted octanol–water partition coefficient (Wildman–Crippen LogP) is 2.58. The molecule has 4 heteroatoms. The average molecular weight is 226 g/mol. The van der Waals surface area contributed by atoms with Gasteiger partial charge in [0, 0.05) is 16.2 Å². The van der Waals surface area contributed by atoms with Gasteiger partial charge in [0.25, 0.3) is 0 Å². The topological polar surface area (TPSA) is 43.1 Å². The summed E-state index contributed by atoms with van der Waals surface area (Å²) in [6.45, 7) is 6.33. The second-order valence-corrected chi connectivity index (χ2v) is 5.24. The minimum absolute atomic E-state index is 0.0606. The van der Waals surface area contributed by atoms with E-state index in [-0.39, 0.29) is 5.41 Å². The van der Waals surface area contributed by atoms with Crippen molar-refractivity contribution in [2.45, 2.75) is 26.2 Å². The van der Waals surface area contributed by atoms with Crippen LogP contribution in [0.4, 0.5) is 0 Å². The maximum absolute atomic E-state index is 4.43. The molecule has 2 aromatic heterocycles. The minimum Gasteiger partial charge on any atom is -0.196 e. The van der Waals surface area contributed by atoms with Crippen LogP contribution in [0.15, 0.2) is 30.5 Å². The van der Waals surface area contributed by atoms with E-state index in [1.54, 1.807) is 0 Å². The number of rotatable bonds is 0. The fourth-order valence-corrected chi connectivity index (χ4v) is 1.96. The van der Waals surface area contributed by atoms with Crippen LogP contribution in [0, 0.1) is 0 Å². The van der Waals surface area contributed by atoms with Gasteiger partial charge in [0.1, 0.15) is 0 Å². The molecule has 0 N–H and O–H groups in total. The lowest BCUT2D eigenvalue weighted by Gasteiger charge is -2.14. The predicted molar refractivity (Wildman–Crippen MR) is 67.0 cm³/mol. The summed E-state index contributed by atoms with van der Waals surface area (Å²) in [5.41, 5.74) is 0.766. The standard InChI is InChI=1S/C13H14N4/c1-13(2,3)12-16-15-11-10-7-5-4-6-9(10)8-14-17(11)12/h4-8H,1-3H3. The molecular weight excluding hydrogens is 212 g/mol. The number of hydrogen-bond donors (Lipinski definition) is 0. The lowest BCUT2D eigenvalue weighted by atomic mass is 9.96. The SMILES string of the molecule is CC(C)(C)c1nnc2c3ccccc3cnn12. The summed E-state index contributed by atoms with van der Waals surface area (Å²) >= 11 is 0. The zero-order valence-electron chi connectivity index (χ0n) is 10.2.